The van der Waals surface area contributed by atoms with Gasteiger partial charge in [0, 0.05) is 19.2 Å². The van der Waals surface area contributed by atoms with Crippen molar-refractivity contribution in [2.45, 2.75) is 19.3 Å². The molecule has 0 aliphatic carbocycles. The van der Waals surface area contributed by atoms with Crippen LogP contribution in [0.5, 0.6) is 11.5 Å². The summed E-state index contributed by atoms with van der Waals surface area (Å²) in [5.41, 5.74) is 6.31. The predicted molar refractivity (Wildman–Crippen MR) is 73.3 cm³/mol. The fraction of sp³-hybridized carbons (Fsp3) is 0.500. The van der Waals surface area contributed by atoms with Crippen LogP contribution >= 0.6 is 0 Å². The van der Waals surface area contributed by atoms with Crippen molar-refractivity contribution in [1.82, 2.24) is 4.90 Å². The summed E-state index contributed by atoms with van der Waals surface area (Å²) in [5, 5.41) is 0. The van der Waals surface area contributed by atoms with Gasteiger partial charge < -0.3 is 20.1 Å². The molecule has 1 fully saturated rings. The van der Waals surface area contributed by atoms with Gasteiger partial charge in [-0.15, -0.1) is 0 Å². The first-order chi connectivity index (χ1) is 9.20. The van der Waals surface area contributed by atoms with E-state index < -0.39 is 0 Å². The van der Waals surface area contributed by atoms with Crippen LogP contribution in [0.4, 0.5) is 5.69 Å². The molecule has 2 N–H and O–H groups in total. The van der Waals surface area contributed by atoms with Crippen LogP contribution in [0.3, 0.4) is 0 Å². The molecule has 1 aliphatic rings. The molecule has 1 saturated heterocycles. The molecular weight excluding hydrogens is 244 g/mol. The Kier molecular flexibility index (Phi) is 4.49. The molecule has 0 aromatic heterocycles. The number of piperidine rings is 1. The van der Waals surface area contributed by atoms with E-state index in [0.29, 0.717) is 17.2 Å². The van der Waals surface area contributed by atoms with Gasteiger partial charge in [-0.05, 0) is 31.4 Å². The molecule has 0 radical (unpaired) electrons. The molecule has 0 spiro atoms. The van der Waals surface area contributed by atoms with Crippen LogP contribution in [-0.4, -0.2) is 37.6 Å². The highest BCUT2D eigenvalue weighted by atomic mass is 16.5. The van der Waals surface area contributed by atoms with Crippen molar-refractivity contribution >= 4 is 11.6 Å². The van der Waals surface area contributed by atoms with Crippen LogP contribution in [0.1, 0.15) is 19.3 Å². The number of hydrogen-bond donors (Lipinski definition) is 1. The summed E-state index contributed by atoms with van der Waals surface area (Å²) in [7, 11) is 1.58. The molecule has 0 unspecified atom stereocenters. The zero-order chi connectivity index (χ0) is 13.7. The molecule has 1 heterocycles. The average molecular weight is 264 g/mol. The molecule has 1 amide bonds. The van der Waals surface area contributed by atoms with Crippen LogP contribution in [0.25, 0.3) is 0 Å². The van der Waals surface area contributed by atoms with Crippen molar-refractivity contribution in [1.29, 1.82) is 0 Å². The molecule has 19 heavy (non-hydrogen) atoms. The summed E-state index contributed by atoms with van der Waals surface area (Å²) in [4.78, 5) is 13.8. The maximum atomic E-state index is 12.0. The predicted octanol–water partition coefficient (Wildman–Crippen LogP) is 1.67. The summed E-state index contributed by atoms with van der Waals surface area (Å²) < 4.78 is 10.6. The van der Waals surface area contributed by atoms with Crippen LogP contribution < -0.4 is 15.2 Å². The first-order valence-electron chi connectivity index (χ1n) is 6.55. The lowest BCUT2D eigenvalue weighted by Gasteiger charge is -2.26. The van der Waals surface area contributed by atoms with Crippen molar-refractivity contribution in [2.24, 2.45) is 0 Å². The number of rotatable bonds is 4. The van der Waals surface area contributed by atoms with Crippen molar-refractivity contribution < 1.29 is 14.3 Å². The lowest BCUT2D eigenvalue weighted by Crippen LogP contribution is -2.38. The fourth-order valence-electron chi connectivity index (χ4n) is 2.14. The van der Waals surface area contributed by atoms with Crippen LogP contribution in [0.15, 0.2) is 18.2 Å². The number of carbonyl (C=O) groups excluding carboxylic acids is 1. The number of carbonyl (C=O) groups is 1. The van der Waals surface area contributed by atoms with E-state index in [-0.39, 0.29) is 12.5 Å². The van der Waals surface area contributed by atoms with E-state index in [2.05, 4.69) is 0 Å². The number of anilines is 1. The van der Waals surface area contributed by atoms with Crippen molar-refractivity contribution in [2.75, 3.05) is 32.5 Å². The topological polar surface area (TPSA) is 64.8 Å². The Morgan fingerprint density at radius 3 is 2.74 bits per heavy atom. The number of nitrogen functional groups attached to an aromatic ring is 1. The molecule has 0 bridgehead atoms. The maximum Gasteiger partial charge on any atom is 0.260 e. The third-order valence-electron chi connectivity index (χ3n) is 3.28. The molecule has 5 nitrogen and oxygen atoms in total. The van der Waals surface area contributed by atoms with Crippen LogP contribution in [0, 0.1) is 0 Å². The smallest absolute Gasteiger partial charge is 0.260 e. The van der Waals surface area contributed by atoms with E-state index in [1.165, 1.54) is 6.42 Å². The maximum absolute atomic E-state index is 12.0. The van der Waals surface area contributed by atoms with E-state index in [9.17, 15) is 4.79 Å². The average Bonchev–Trinajstić information content (AvgIpc) is 2.47. The summed E-state index contributed by atoms with van der Waals surface area (Å²) >= 11 is 0. The Labute approximate surface area is 113 Å². The van der Waals surface area contributed by atoms with Gasteiger partial charge in [0.2, 0.25) is 0 Å². The summed E-state index contributed by atoms with van der Waals surface area (Å²) in [6.07, 6.45) is 3.35. The van der Waals surface area contributed by atoms with Crippen molar-refractivity contribution in [3.8, 4) is 11.5 Å². The monoisotopic (exact) mass is 264 g/mol. The Balaban J connectivity index is 1.92. The molecule has 1 aliphatic heterocycles. The number of amides is 1. The first kappa shape index (κ1) is 13.5. The fourth-order valence-corrected chi connectivity index (χ4v) is 2.14. The van der Waals surface area contributed by atoms with E-state index >= 15 is 0 Å². The largest absolute Gasteiger partial charge is 0.497 e. The van der Waals surface area contributed by atoms with Crippen LogP contribution in [-0.2, 0) is 4.79 Å². The lowest BCUT2D eigenvalue weighted by atomic mass is 10.1. The quantitative estimate of drug-likeness (QED) is 0.840. The second-order valence-corrected chi connectivity index (χ2v) is 4.63. The van der Waals surface area contributed by atoms with E-state index in [1.54, 1.807) is 25.3 Å². The van der Waals surface area contributed by atoms with Crippen molar-refractivity contribution in [3.63, 3.8) is 0 Å². The van der Waals surface area contributed by atoms with Gasteiger partial charge in [0.05, 0.1) is 12.8 Å². The summed E-state index contributed by atoms with van der Waals surface area (Å²) in [5.74, 6) is 1.17. The van der Waals surface area contributed by atoms with Gasteiger partial charge >= 0.3 is 0 Å². The first-order valence-corrected chi connectivity index (χ1v) is 6.55. The zero-order valence-electron chi connectivity index (χ0n) is 11.2. The Bertz CT molecular complexity index is 442. The molecule has 104 valence electrons. The normalized spacial score (nSPS) is 15.1. The van der Waals surface area contributed by atoms with Gasteiger partial charge in [-0.1, -0.05) is 0 Å². The number of likely N-dealkylation sites (tertiary alicyclic amines) is 1. The number of nitrogens with zero attached hydrogens (tertiary/aromatic N) is 1. The Morgan fingerprint density at radius 2 is 2.05 bits per heavy atom. The Morgan fingerprint density at radius 1 is 1.32 bits per heavy atom. The minimum Gasteiger partial charge on any atom is -0.497 e. The molecule has 0 atom stereocenters. The number of benzene rings is 1. The molecule has 0 saturated carbocycles. The van der Waals surface area contributed by atoms with Crippen LogP contribution in [0.2, 0.25) is 0 Å². The van der Waals surface area contributed by atoms with Gasteiger partial charge in [-0.3, -0.25) is 4.79 Å². The standard InChI is InChI=1S/C14H20N2O3/c1-18-11-5-6-12(15)13(9-11)19-10-14(17)16-7-3-2-4-8-16/h5-6,9H,2-4,7-8,10,15H2,1H3. The summed E-state index contributed by atoms with van der Waals surface area (Å²) in [6, 6.07) is 5.16. The molecule has 1 aromatic rings. The number of methoxy groups -OCH3 is 1. The third-order valence-corrected chi connectivity index (χ3v) is 3.28. The number of hydrogen-bond acceptors (Lipinski definition) is 4. The minimum absolute atomic E-state index is 0.0157. The second-order valence-electron chi connectivity index (χ2n) is 4.63. The SMILES string of the molecule is COc1ccc(N)c(OCC(=O)N2CCCCC2)c1. The second kappa shape index (κ2) is 6.31. The highest BCUT2D eigenvalue weighted by molar-refractivity contribution is 5.78. The number of nitrogens with two attached hydrogens (primary N) is 1. The van der Waals surface area contributed by atoms with E-state index in [4.69, 9.17) is 15.2 Å². The molecule has 1 aromatic carbocycles. The van der Waals surface area contributed by atoms with Gasteiger partial charge in [0.25, 0.3) is 5.91 Å². The van der Waals surface area contributed by atoms with Gasteiger partial charge in [-0.25, -0.2) is 0 Å². The molecule has 5 heteroatoms. The van der Waals surface area contributed by atoms with Gasteiger partial charge in [-0.2, -0.15) is 0 Å². The highest BCUT2D eigenvalue weighted by Crippen LogP contribution is 2.26. The van der Waals surface area contributed by atoms with E-state index in [0.717, 1.165) is 25.9 Å². The summed E-state index contributed by atoms with van der Waals surface area (Å²) in [6.45, 7) is 1.68. The molecular formula is C14H20N2O3. The lowest BCUT2D eigenvalue weighted by molar-refractivity contribution is -0.134. The Hall–Kier alpha value is -1.91. The highest BCUT2D eigenvalue weighted by Gasteiger charge is 2.17. The number of ether oxygens (including phenoxy) is 2. The van der Waals surface area contributed by atoms with Gasteiger partial charge in [0.15, 0.2) is 6.61 Å². The zero-order valence-corrected chi connectivity index (χ0v) is 11.2. The minimum atomic E-state index is 0.0157. The van der Waals surface area contributed by atoms with Gasteiger partial charge in [0.1, 0.15) is 11.5 Å². The third kappa shape index (κ3) is 3.53. The molecule has 2 rings (SSSR count). The van der Waals surface area contributed by atoms with E-state index in [1.807, 2.05) is 4.90 Å². The van der Waals surface area contributed by atoms with Crippen molar-refractivity contribution in [3.05, 3.63) is 18.2 Å².